The average molecular weight is 318 g/mol. The molecule has 1 amide bonds. The molecule has 0 aromatic heterocycles. The number of carbonyl (C=O) groups is 2. The van der Waals surface area contributed by atoms with Gasteiger partial charge in [-0.25, -0.2) is 4.79 Å². The summed E-state index contributed by atoms with van der Waals surface area (Å²) in [5.74, 6) is -1.73. The second-order valence-electron chi connectivity index (χ2n) is 4.46. The quantitative estimate of drug-likeness (QED) is 0.895. The van der Waals surface area contributed by atoms with Crippen molar-refractivity contribution in [3.8, 4) is 0 Å². The van der Waals surface area contributed by atoms with E-state index in [-0.39, 0.29) is 27.3 Å². The highest BCUT2D eigenvalue weighted by atomic mass is 35.5. The first-order valence-corrected chi connectivity index (χ1v) is 6.86. The molecule has 108 valence electrons. The smallest absolute Gasteiger partial charge is 0.336 e. The van der Waals surface area contributed by atoms with Gasteiger partial charge in [-0.15, -0.1) is 0 Å². The molecule has 1 heterocycles. The zero-order valence-corrected chi connectivity index (χ0v) is 12.0. The van der Waals surface area contributed by atoms with E-state index in [9.17, 15) is 9.59 Å². The van der Waals surface area contributed by atoms with Crippen LogP contribution in [0.25, 0.3) is 0 Å². The van der Waals surface area contributed by atoms with Gasteiger partial charge in [0.25, 0.3) is 5.91 Å². The first-order valence-electron chi connectivity index (χ1n) is 6.11. The Hall–Kier alpha value is -1.30. The lowest BCUT2D eigenvalue weighted by Crippen LogP contribution is -2.32. The highest BCUT2D eigenvalue weighted by molar-refractivity contribution is 6.42. The van der Waals surface area contributed by atoms with Gasteiger partial charge in [-0.05, 0) is 25.0 Å². The highest BCUT2D eigenvalue weighted by Gasteiger charge is 2.21. The van der Waals surface area contributed by atoms with E-state index in [2.05, 4.69) is 5.32 Å². The molecule has 0 saturated carbocycles. The number of rotatable bonds is 4. The van der Waals surface area contributed by atoms with Crippen molar-refractivity contribution in [1.82, 2.24) is 5.32 Å². The van der Waals surface area contributed by atoms with E-state index < -0.39 is 11.9 Å². The summed E-state index contributed by atoms with van der Waals surface area (Å²) >= 11 is 11.6. The fourth-order valence-corrected chi connectivity index (χ4v) is 2.35. The largest absolute Gasteiger partial charge is 0.478 e. The Balaban J connectivity index is 2.15. The van der Waals surface area contributed by atoms with Crippen molar-refractivity contribution >= 4 is 35.1 Å². The molecule has 2 N–H and O–H groups in total. The van der Waals surface area contributed by atoms with Gasteiger partial charge in [0.1, 0.15) is 0 Å². The van der Waals surface area contributed by atoms with Crippen LogP contribution in [0.15, 0.2) is 12.1 Å². The number of halogens is 2. The van der Waals surface area contributed by atoms with Crippen molar-refractivity contribution in [2.75, 3.05) is 13.2 Å². The van der Waals surface area contributed by atoms with Crippen LogP contribution < -0.4 is 5.32 Å². The van der Waals surface area contributed by atoms with Crippen molar-refractivity contribution in [3.05, 3.63) is 33.3 Å². The summed E-state index contributed by atoms with van der Waals surface area (Å²) in [6.07, 6.45) is 1.83. The molecule has 1 fully saturated rings. The molecule has 2 rings (SSSR count). The van der Waals surface area contributed by atoms with Crippen LogP contribution in [0.1, 0.15) is 33.6 Å². The van der Waals surface area contributed by atoms with Gasteiger partial charge < -0.3 is 15.2 Å². The minimum atomic E-state index is -1.23. The van der Waals surface area contributed by atoms with Crippen LogP contribution in [0.2, 0.25) is 10.0 Å². The second kappa shape index (κ2) is 6.43. The molecule has 0 spiro atoms. The predicted molar refractivity (Wildman–Crippen MR) is 74.7 cm³/mol. The SMILES string of the molecule is O=C(O)c1cc(Cl)c(Cl)cc1C(=O)NCC1CCCO1. The topological polar surface area (TPSA) is 75.6 Å². The summed E-state index contributed by atoms with van der Waals surface area (Å²) in [4.78, 5) is 23.2. The molecule has 1 aromatic rings. The predicted octanol–water partition coefficient (Wildman–Crippen LogP) is 2.60. The number of carboxylic acid groups (broad SMARTS) is 1. The van der Waals surface area contributed by atoms with Gasteiger partial charge >= 0.3 is 5.97 Å². The van der Waals surface area contributed by atoms with Crippen molar-refractivity contribution in [3.63, 3.8) is 0 Å². The van der Waals surface area contributed by atoms with Gasteiger partial charge in [0.2, 0.25) is 0 Å². The molecule has 1 aliphatic rings. The molecule has 1 unspecified atom stereocenters. The molecule has 5 nitrogen and oxygen atoms in total. The van der Waals surface area contributed by atoms with Crippen LogP contribution in [0.3, 0.4) is 0 Å². The Labute approximate surface area is 125 Å². The molecule has 7 heteroatoms. The third-order valence-electron chi connectivity index (χ3n) is 3.05. The molecule has 1 aromatic carbocycles. The van der Waals surface area contributed by atoms with Gasteiger partial charge in [-0.2, -0.15) is 0 Å². The zero-order chi connectivity index (χ0) is 14.7. The van der Waals surface area contributed by atoms with Crippen LogP contribution in [0, 0.1) is 0 Å². The fourth-order valence-electron chi connectivity index (χ4n) is 2.02. The number of amides is 1. The molecule has 1 atom stereocenters. The van der Waals surface area contributed by atoms with Crippen molar-refractivity contribution in [2.24, 2.45) is 0 Å². The van der Waals surface area contributed by atoms with Crippen LogP contribution >= 0.6 is 23.2 Å². The number of aromatic carboxylic acids is 1. The van der Waals surface area contributed by atoms with Gasteiger partial charge in [-0.1, -0.05) is 23.2 Å². The number of ether oxygens (including phenoxy) is 1. The number of hydrogen-bond acceptors (Lipinski definition) is 3. The van der Waals surface area contributed by atoms with Crippen molar-refractivity contribution in [1.29, 1.82) is 0 Å². The summed E-state index contributed by atoms with van der Waals surface area (Å²) in [5, 5.41) is 12.0. The lowest BCUT2D eigenvalue weighted by molar-refractivity contribution is 0.0689. The normalized spacial score (nSPS) is 18.0. The maximum atomic E-state index is 12.1. The van der Waals surface area contributed by atoms with Crippen LogP contribution in [-0.4, -0.2) is 36.2 Å². The number of carbonyl (C=O) groups excluding carboxylic acids is 1. The van der Waals surface area contributed by atoms with Crippen LogP contribution in [0.4, 0.5) is 0 Å². The lowest BCUT2D eigenvalue weighted by atomic mass is 10.1. The number of hydrogen-bond donors (Lipinski definition) is 2. The van der Waals surface area contributed by atoms with Gasteiger partial charge in [0, 0.05) is 13.2 Å². The monoisotopic (exact) mass is 317 g/mol. The summed E-state index contributed by atoms with van der Waals surface area (Å²) in [6, 6.07) is 2.44. The molecule has 0 radical (unpaired) electrons. The Bertz CT molecular complexity index is 541. The number of nitrogens with one attached hydrogen (secondary N) is 1. The van der Waals surface area contributed by atoms with E-state index in [1.165, 1.54) is 12.1 Å². The summed E-state index contributed by atoms with van der Waals surface area (Å²) in [7, 11) is 0. The minimum Gasteiger partial charge on any atom is -0.478 e. The van der Waals surface area contributed by atoms with Gasteiger partial charge in [-0.3, -0.25) is 4.79 Å². The third kappa shape index (κ3) is 3.42. The molecule has 1 saturated heterocycles. The molecule has 0 aliphatic carbocycles. The van der Waals surface area contributed by atoms with Crippen molar-refractivity contribution in [2.45, 2.75) is 18.9 Å². The van der Waals surface area contributed by atoms with E-state index in [0.717, 1.165) is 12.8 Å². The van der Waals surface area contributed by atoms with Gasteiger partial charge in [0.05, 0.1) is 27.3 Å². The molecular formula is C13H13Cl2NO4. The summed E-state index contributed by atoms with van der Waals surface area (Å²) in [5.41, 5.74) is -0.186. The highest BCUT2D eigenvalue weighted by Crippen LogP contribution is 2.26. The Morgan fingerprint density at radius 1 is 1.30 bits per heavy atom. The Morgan fingerprint density at radius 2 is 1.95 bits per heavy atom. The zero-order valence-electron chi connectivity index (χ0n) is 10.5. The molecule has 20 heavy (non-hydrogen) atoms. The first-order chi connectivity index (χ1) is 9.49. The first kappa shape index (κ1) is 15.1. The summed E-state index contributed by atoms with van der Waals surface area (Å²) < 4.78 is 5.38. The van der Waals surface area contributed by atoms with E-state index >= 15 is 0 Å². The van der Waals surface area contributed by atoms with E-state index in [4.69, 9.17) is 33.0 Å². The van der Waals surface area contributed by atoms with Crippen LogP contribution in [-0.2, 0) is 4.74 Å². The number of carboxylic acids is 1. The standard InChI is InChI=1S/C13H13Cl2NO4/c14-10-4-8(9(13(18)19)5-11(10)15)12(17)16-6-7-2-1-3-20-7/h4-5,7H,1-3,6H2,(H,16,17)(H,18,19). The molecule has 0 bridgehead atoms. The van der Waals surface area contributed by atoms with Crippen molar-refractivity contribution < 1.29 is 19.4 Å². The van der Waals surface area contributed by atoms with E-state index in [0.29, 0.717) is 13.2 Å². The Morgan fingerprint density at radius 3 is 2.50 bits per heavy atom. The Kier molecular flexibility index (Phi) is 4.86. The lowest BCUT2D eigenvalue weighted by Gasteiger charge is -2.12. The maximum Gasteiger partial charge on any atom is 0.336 e. The van der Waals surface area contributed by atoms with E-state index in [1.807, 2.05) is 0 Å². The van der Waals surface area contributed by atoms with E-state index in [1.54, 1.807) is 0 Å². The van der Waals surface area contributed by atoms with Crippen LogP contribution in [0.5, 0.6) is 0 Å². The number of benzene rings is 1. The maximum absolute atomic E-state index is 12.1. The molecular weight excluding hydrogens is 305 g/mol. The minimum absolute atomic E-state index is 0.00935. The van der Waals surface area contributed by atoms with Gasteiger partial charge in [0.15, 0.2) is 0 Å². The molecule has 1 aliphatic heterocycles. The fraction of sp³-hybridized carbons (Fsp3) is 0.385. The second-order valence-corrected chi connectivity index (χ2v) is 5.28. The average Bonchev–Trinajstić information content (AvgIpc) is 2.91. The third-order valence-corrected chi connectivity index (χ3v) is 3.77. The summed E-state index contributed by atoms with van der Waals surface area (Å²) in [6.45, 7) is 1.03.